The smallest absolute Gasteiger partial charge is 0.0235 e. The third kappa shape index (κ3) is 2.39. The fourth-order valence-electron chi connectivity index (χ4n) is 3.96. The van der Waals surface area contributed by atoms with Crippen LogP contribution < -0.4 is 0 Å². The van der Waals surface area contributed by atoms with E-state index < -0.39 is 0 Å². The predicted octanol–water partition coefficient (Wildman–Crippen LogP) is 5.42. The van der Waals surface area contributed by atoms with E-state index >= 15 is 0 Å². The van der Waals surface area contributed by atoms with Crippen molar-refractivity contribution in [3.05, 3.63) is 67.8 Å². The largest absolute Gasteiger partial charge is 0.0553 e. The summed E-state index contributed by atoms with van der Waals surface area (Å²) < 4.78 is 0. The second-order valence-corrected chi connectivity index (χ2v) is 7.14. The molecule has 0 saturated heterocycles. The number of aryl methyl sites for hydroxylation is 4. The Morgan fingerprint density at radius 2 is 0.636 bits per heavy atom. The summed E-state index contributed by atoms with van der Waals surface area (Å²) in [5, 5.41) is 0. The van der Waals surface area contributed by atoms with Gasteiger partial charge in [0.1, 0.15) is 0 Å². The number of fused-ring (bicyclic) bond motifs is 4. The lowest BCUT2D eigenvalue weighted by molar-refractivity contribution is 0.869. The Labute approximate surface area is 135 Å². The van der Waals surface area contributed by atoms with Crippen LogP contribution in [0.15, 0.2) is 12.1 Å². The molecule has 0 unspecified atom stereocenters. The van der Waals surface area contributed by atoms with Crippen LogP contribution in [0.25, 0.3) is 0 Å². The van der Waals surface area contributed by atoms with Gasteiger partial charge in [0, 0.05) is 0 Å². The molecule has 1 aliphatic carbocycles. The van der Waals surface area contributed by atoms with Crippen LogP contribution in [0, 0.1) is 41.5 Å². The molecule has 0 amide bonds. The molecule has 2 aromatic carbocycles. The molecule has 2 aromatic rings. The summed E-state index contributed by atoms with van der Waals surface area (Å²) in [5.41, 5.74) is 15.2. The summed E-state index contributed by atoms with van der Waals surface area (Å²) in [7, 11) is 0. The van der Waals surface area contributed by atoms with E-state index in [4.69, 9.17) is 0 Å². The van der Waals surface area contributed by atoms with Crippen LogP contribution >= 0.6 is 0 Å². The molecule has 22 heavy (non-hydrogen) atoms. The Bertz CT molecular complexity index is 626. The second kappa shape index (κ2) is 5.57. The highest BCUT2D eigenvalue weighted by Gasteiger charge is 2.15. The monoisotopic (exact) mass is 292 g/mol. The average molecular weight is 292 g/mol. The SMILES string of the molecule is Cc1c2cc(c(C)c1C)CCc1cc(c(C)c(C)c1C)CC2. The summed E-state index contributed by atoms with van der Waals surface area (Å²) in [6.45, 7) is 13.8. The van der Waals surface area contributed by atoms with Gasteiger partial charge in [-0.1, -0.05) is 12.1 Å². The minimum absolute atomic E-state index is 1.17. The van der Waals surface area contributed by atoms with Crippen molar-refractivity contribution < 1.29 is 0 Å². The third-order valence-corrected chi connectivity index (χ3v) is 6.20. The van der Waals surface area contributed by atoms with Gasteiger partial charge in [0.25, 0.3) is 0 Å². The van der Waals surface area contributed by atoms with E-state index in [-0.39, 0.29) is 0 Å². The lowest BCUT2D eigenvalue weighted by atomic mass is 9.84. The van der Waals surface area contributed by atoms with Crippen molar-refractivity contribution in [2.24, 2.45) is 0 Å². The zero-order valence-electron chi connectivity index (χ0n) is 15.0. The molecule has 3 rings (SSSR count). The molecule has 0 spiro atoms. The van der Waals surface area contributed by atoms with Crippen LogP contribution in [-0.2, 0) is 25.7 Å². The highest BCUT2D eigenvalue weighted by Crippen LogP contribution is 2.29. The van der Waals surface area contributed by atoms with Gasteiger partial charge in [-0.3, -0.25) is 0 Å². The molecule has 0 nitrogen and oxygen atoms in total. The first-order chi connectivity index (χ1) is 10.4. The Morgan fingerprint density at radius 3 is 0.864 bits per heavy atom. The van der Waals surface area contributed by atoms with E-state index in [1.807, 2.05) is 0 Å². The molecule has 0 N–H and O–H groups in total. The first kappa shape index (κ1) is 15.3. The molecular weight excluding hydrogens is 264 g/mol. The van der Waals surface area contributed by atoms with Crippen molar-refractivity contribution in [1.82, 2.24) is 0 Å². The lowest BCUT2D eigenvalue weighted by Gasteiger charge is -2.21. The van der Waals surface area contributed by atoms with Crippen molar-refractivity contribution in [1.29, 1.82) is 0 Å². The van der Waals surface area contributed by atoms with E-state index in [0.717, 1.165) is 0 Å². The molecule has 0 saturated carbocycles. The van der Waals surface area contributed by atoms with Crippen LogP contribution in [0.5, 0.6) is 0 Å². The standard InChI is InChI=1S/C22H28/c1-13-15(3)19-7-9-21-12-22(18(6)14(2)17(21)5)10-8-20(11-19)16(13)4/h11-12H,7-10H2,1-6H3. The summed E-state index contributed by atoms with van der Waals surface area (Å²) in [6, 6.07) is 4.97. The fraction of sp³-hybridized carbons (Fsp3) is 0.455. The van der Waals surface area contributed by atoms with E-state index in [1.165, 1.54) is 59.1 Å². The zero-order chi connectivity index (χ0) is 16.0. The minimum atomic E-state index is 1.17. The van der Waals surface area contributed by atoms with Crippen molar-refractivity contribution in [2.45, 2.75) is 67.2 Å². The van der Waals surface area contributed by atoms with Crippen molar-refractivity contribution in [3.63, 3.8) is 0 Å². The summed E-state index contributed by atoms with van der Waals surface area (Å²) in [4.78, 5) is 0. The Kier molecular flexibility index (Phi) is 3.89. The maximum absolute atomic E-state index is 2.49. The van der Waals surface area contributed by atoms with Gasteiger partial charge in [-0.2, -0.15) is 0 Å². The quantitative estimate of drug-likeness (QED) is 0.608. The molecule has 4 bridgehead atoms. The van der Waals surface area contributed by atoms with Gasteiger partial charge in [0.05, 0.1) is 0 Å². The van der Waals surface area contributed by atoms with Gasteiger partial charge in [0.2, 0.25) is 0 Å². The Hall–Kier alpha value is -1.56. The van der Waals surface area contributed by atoms with Crippen LogP contribution in [-0.4, -0.2) is 0 Å². The topological polar surface area (TPSA) is 0 Å². The van der Waals surface area contributed by atoms with Gasteiger partial charge in [0.15, 0.2) is 0 Å². The molecule has 0 heteroatoms. The number of hydrogen-bond acceptors (Lipinski definition) is 0. The van der Waals surface area contributed by atoms with Crippen LogP contribution in [0.2, 0.25) is 0 Å². The molecule has 0 radical (unpaired) electrons. The molecular formula is C22H28. The zero-order valence-corrected chi connectivity index (χ0v) is 15.0. The molecule has 0 atom stereocenters. The molecule has 116 valence electrons. The molecule has 0 fully saturated rings. The third-order valence-electron chi connectivity index (χ3n) is 6.20. The number of hydrogen-bond donors (Lipinski definition) is 0. The van der Waals surface area contributed by atoms with Crippen LogP contribution in [0.3, 0.4) is 0 Å². The van der Waals surface area contributed by atoms with Gasteiger partial charge in [-0.05, 0) is 123 Å². The number of rotatable bonds is 0. The fourth-order valence-corrected chi connectivity index (χ4v) is 3.96. The first-order valence-corrected chi connectivity index (χ1v) is 8.57. The van der Waals surface area contributed by atoms with E-state index in [2.05, 4.69) is 53.7 Å². The Balaban J connectivity index is 2.14. The highest BCUT2D eigenvalue weighted by molar-refractivity contribution is 5.48. The maximum atomic E-state index is 2.49. The van der Waals surface area contributed by atoms with Crippen molar-refractivity contribution in [3.8, 4) is 0 Å². The Morgan fingerprint density at radius 1 is 0.409 bits per heavy atom. The van der Waals surface area contributed by atoms with Crippen LogP contribution in [0.1, 0.15) is 55.6 Å². The van der Waals surface area contributed by atoms with Crippen molar-refractivity contribution in [2.75, 3.05) is 0 Å². The van der Waals surface area contributed by atoms with E-state index in [9.17, 15) is 0 Å². The van der Waals surface area contributed by atoms with Gasteiger partial charge >= 0.3 is 0 Å². The van der Waals surface area contributed by atoms with Gasteiger partial charge < -0.3 is 0 Å². The average Bonchev–Trinajstić information content (AvgIpc) is 2.52. The molecule has 0 aliphatic heterocycles. The lowest BCUT2D eigenvalue weighted by Crippen LogP contribution is -2.09. The molecule has 0 aromatic heterocycles. The molecule has 0 heterocycles. The number of benzene rings is 2. The normalized spacial score (nSPS) is 14.1. The van der Waals surface area contributed by atoms with Crippen molar-refractivity contribution >= 4 is 0 Å². The molecule has 1 aliphatic rings. The first-order valence-electron chi connectivity index (χ1n) is 8.57. The summed E-state index contributed by atoms with van der Waals surface area (Å²) in [5.74, 6) is 0. The summed E-state index contributed by atoms with van der Waals surface area (Å²) >= 11 is 0. The van der Waals surface area contributed by atoms with Gasteiger partial charge in [-0.25, -0.2) is 0 Å². The van der Waals surface area contributed by atoms with Crippen LogP contribution in [0.4, 0.5) is 0 Å². The maximum Gasteiger partial charge on any atom is -0.0235 e. The van der Waals surface area contributed by atoms with Gasteiger partial charge in [-0.15, -0.1) is 0 Å². The summed E-state index contributed by atoms with van der Waals surface area (Å²) in [6.07, 6.45) is 4.68. The highest BCUT2D eigenvalue weighted by atomic mass is 14.2. The second-order valence-electron chi connectivity index (χ2n) is 7.14. The van der Waals surface area contributed by atoms with E-state index in [1.54, 1.807) is 22.3 Å². The minimum Gasteiger partial charge on any atom is -0.0553 e. The predicted molar refractivity (Wildman–Crippen MR) is 96.1 cm³/mol. The van der Waals surface area contributed by atoms with E-state index in [0.29, 0.717) is 0 Å².